The van der Waals surface area contributed by atoms with Crippen molar-refractivity contribution in [3.63, 3.8) is 0 Å². The predicted molar refractivity (Wildman–Crippen MR) is 115 cm³/mol. The quantitative estimate of drug-likeness (QED) is 0.403. The van der Waals surface area contributed by atoms with Crippen LogP contribution in [0.1, 0.15) is 42.3 Å². The highest BCUT2D eigenvalue weighted by Gasteiger charge is 2.32. The molecule has 1 aromatic heterocycles. The fourth-order valence-corrected chi connectivity index (χ4v) is 4.32. The number of halogens is 2. The second-order valence-electron chi connectivity index (χ2n) is 8.30. The maximum Gasteiger partial charge on any atom is 0.410 e. The molecular weight excluding hydrogens is 443 g/mol. The van der Waals surface area contributed by atoms with Gasteiger partial charge in [0.1, 0.15) is 16.4 Å². The van der Waals surface area contributed by atoms with Crippen LogP contribution in [0.5, 0.6) is 0 Å². The second-order valence-corrected chi connectivity index (χ2v) is 9.09. The Bertz CT molecular complexity index is 1220. The third-order valence-electron chi connectivity index (χ3n) is 4.95. The van der Waals surface area contributed by atoms with Crippen molar-refractivity contribution in [2.75, 3.05) is 6.54 Å². The van der Waals surface area contributed by atoms with Gasteiger partial charge < -0.3 is 14.8 Å². The zero-order chi connectivity index (χ0) is 22.5. The van der Waals surface area contributed by atoms with Crippen LogP contribution in [-0.4, -0.2) is 38.9 Å². The van der Waals surface area contributed by atoms with Crippen molar-refractivity contribution in [1.82, 2.24) is 14.8 Å². The summed E-state index contributed by atoms with van der Waals surface area (Å²) in [4.78, 5) is 27.6. The number of nitrogens with zero attached hydrogens (tertiary/aromatic N) is 4. The first-order chi connectivity index (χ1) is 14.6. The van der Waals surface area contributed by atoms with E-state index in [-0.39, 0.29) is 27.7 Å². The molecule has 0 aliphatic carbocycles. The molecule has 8 nitrogen and oxygen atoms in total. The molecule has 1 aliphatic heterocycles. The summed E-state index contributed by atoms with van der Waals surface area (Å²) in [6, 6.07) is 8.20. The number of benzene rings is 2. The Kier molecular flexibility index (Phi) is 5.31. The van der Waals surface area contributed by atoms with Gasteiger partial charge in [0.05, 0.1) is 10.0 Å². The largest absolute Gasteiger partial charge is 0.691 e. The minimum absolute atomic E-state index is 0.0710. The summed E-state index contributed by atoms with van der Waals surface area (Å²) in [5.41, 5.74) is 1.56. The number of para-hydroxylation sites is 2. The molecule has 0 unspecified atom stereocenters. The molecule has 1 aliphatic rings. The topological polar surface area (TPSA) is 91.4 Å². The van der Waals surface area contributed by atoms with Gasteiger partial charge in [0, 0.05) is 13.1 Å². The van der Waals surface area contributed by atoms with Crippen LogP contribution >= 0.6 is 23.2 Å². The lowest BCUT2D eigenvalue weighted by molar-refractivity contribution is -0.645. The molecule has 162 valence electrons. The number of hydrogen-bond acceptors (Lipinski definition) is 5. The minimum Gasteiger partial charge on any atom is -0.691 e. The predicted octanol–water partition coefficient (Wildman–Crippen LogP) is 3.96. The number of ether oxygens (including phenoxy) is 1. The average molecular weight is 463 g/mol. The van der Waals surface area contributed by atoms with Gasteiger partial charge in [-0.05, 0) is 56.5 Å². The van der Waals surface area contributed by atoms with E-state index in [0.717, 1.165) is 15.8 Å². The van der Waals surface area contributed by atoms with Crippen molar-refractivity contribution >= 4 is 46.2 Å². The number of hydrogen-bond donors (Lipinski definition) is 0. The molecular formula is C21H20Cl2N4O4. The minimum atomic E-state index is -0.603. The van der Waals surface area contributed by atoms with Crippen molar-refractivity contribution in [2.24, 2.45) is 0 Å². The van der Waals surface area contributed by atoms with Crippen LogP contribution in [0.4, 0.5) is 4.79 Å². The lowest BCUT2D eigenvalue weighted by Gasteiger charge is -2.32. The third-order valence-corrected chi connectivity index (χ3v) is 5.66. The van der Waals surface area contributed by atoms with Gasteiger partial charge in [0.15, 0.2) is 0 Å². The lowest BCUT2D eigenvalue weighted by atomic mass is 9.96. The van der Waals surface area contributed by atoms with Crippen molar-refractivity contribution in [2.45, 2.75) is 39.3 Å². The number of amides is 1. The molecule has 2 heterocycles. The molecule has 0 bridgehead atoms. The van der Waals surface area contributed by atoms with E-state index in [2.05, 4.69) is 5.21 Å². The molecule has 0 spiro atoms. The van der Waals surface area contributed by atoms with Crippen LogP contribution in [0.25, 0.3) is 11.0 Å². The van der Waals surface area contributed by atoms with E-state index in [0.29, 0.717) is 23.3 Å². The van der Waals surface area contributed by atoms with Gasteiger partial charge in [-0.2, -0.15) is 0 Å². The Balaban J connectivity index is 1.70. The summed E-state index contributed by atoms with van der Waals surface area (Å²) in [7, 11) is 0. The SMILES string of the molecule is CC(C)(C)OC(=O)N1CCc2c(cc(Cl)c(C(=O)n3n[n+]([O-])c4ccccc43)c2Cl)C1. The molecule has 0 saturated heterocycles. The second kappa shape index (κ2) is 7.69. The highest BCUT2D eigenvalue weighted by Crippen LogP contribution is 2.35. The molecule has 3 aromatic rings. The summed E-state index contributed by atoms with van der Waals surface area (Å²) < 4.78 is 6.44. The highest BCUT2D eigenvalue weighted by atomic mass is 35.5. The summed E-state index contributed by atoms with van der Waals surface area (Å²) in [5, 5.41) is 16.1. The van der Waals surface area contributed by atoms with E-state index in [4.69, 9.17) is 27.9 Å². The van der Waals surface area contributed by atoms with Crippen LogP contribution in [0.15, 0.2) is 30.3 Å². The molecule has 0 atom stereocenters. The monoisotopic (exact) mass is 462 g/mol. The molecule has 4 rings (SSSR count). The molecule has 0 radical (unpaired) electrons. The Morgan fingerprint density at radius 3 is 2.65 bits per heavy atom. The Morgan fingerprint density at radius 1 is 1.23 bits per heavy atom. The molecule has 10 heteroatoms. The molecule has 0 fully saturated rings. The number of carbonyl (C=O) groups is 2. The Hall–Kier alpha value is -2.84. The Labute approximate surface area is 188 Å². The first-order valence-electron chi connectivity index (χ1n) is 9.67. The van der Waals surface area contributed by atoms with E-state index >= 15 is 0 Å². The Morgan fingerprint density at radius 2 is 1.94 bits per heavy atom. The van der Waals surface area contributed by atoms with E-state index in [1.54, 1.807) is 56.0 Å². The van der Waals surface area contributed by atoms with Gasteiger partial charge in [0.25, 0.3) is 0 Å². The van der Waals surface area contributed by atoms with Gasteiger partial charge in [-0.3, -0.25) is 0 Å². The normalized spacial score (nSPS) is 13.9. The molecule has 0 N–H and O–H groups in total. The molecule has 2 aromatic carbocycles. The van der Waals surface area contributed by atoms with Gasteiger partial charge in [0.2, 0.25) is 11.0 Å². The molecule has 31 heavy (non-hydrogen) atoms. The first kappa shape index (κ1) is 21.4. The van der Waals surface area contributed by atoms with Crippen molar-refractivity contribution in [1.29, 1.82) is 0 Å². The fraction of sp³-hybridized carbons (Fsp3) is 0.333. The van der Waals surface area contributed by atoms with Gasteiger partial charge in [-0.15, -0.1) is 4.85 Å². The highest BCUT2D eigenvalue weighted by molar-refractivity contribution is 6.40. The number of carbonyl (C=O) groups excluding carboxylic acids is 2. The number of fused-ring (bicyclic) bond motifs is 2. The van der Waals surface area contributed by atoms with E-state index in [9.17, 15) is 14.8 Å². The van der Waals surface area contributed by atoms with Gasteiger partial charge in [-0.25, -0.2) is 9.59 Å². The van der Waals surface area contributed by atoms with Crippen LogP contribution in [0.2, 0.25) is 10.0 Å². The van der Waals surface area contributed by atoms with Crippen LogP contribution in [0, 0.1) is 5.21 Å². The zero-order valence-corrected chi connectivity index (χ0v) is 18.7. The average Bonchev–Trinajstić information content (AvgIpc) is 3.03. The van der Waals surface area contributed by atoms with E-state index in [1.807, 2.05) is 0 Å². The van der Waals surface area contributed by atoms with Gasteiger partial charge >= 0.3 is 12.0 Å². The summed E-state index contributed by atoms with van der Waals surface area (Å²) in [6.45, 7) is 6.07. The first-order valence-corrected chi connectivity index (χ1v) is 10.4. The lowest BCUT2D eigenvalue weighted by Crippen LogP contribution is -2.40. The van der Waals surface area contributed by atoms with E-state index in [1.165, 1.54) is 0 Å². The van der Waals surface area contributed by atoms with Crippen molar-refractivity contribution < 1.29 is 19.2 Å². The van der Waals surface area contributed by atoms with Crippen LogP contribution < -0.4 is 4.85 Å². The summed E-state index contributed by atoms with van der Waals surface area (Å²) in [6.07, 6.45) is 0.0141. The maximum atomic E-state index is 13.2. The van der Waals surface area contributed by atoms with Crippen molar-refractivity contribution in [3.05, 3.63) is 62.3 Å². The van der Waals surface area contributed by atoms with E-state index < -0.39 is 17.6 Å². The third kappa shape index (κ3) is 3.93. The summed E-state index contributed by atoms with van der Waals surface area (Å²) in [5.74, 6) is -0.599. The smallest absolute Gasteiger partial charge is 0.410 e. The molecule has 0 saturated carbocycles. The number of aromatic nitrogens is 3. The maximum absolute atomic E-state index is 13.2. The zero-order valence-electron chi connectivity index (χ0n) is 17.2. The standard InChI is InChI=1S/C21H20Cl2N4O4/c1-21(2,3)31-20(29)25-9-8-13-12(11-25)10-14(22)17(18(13)23)19(28)26-15-6-4-5-7-16(15)27(30)24-26/h4-7,10H,8-9,11H2,1-3H3. The van der Waals surface area contributed by atoms with Crippen LogP contribution in [0.3, 0.4) is 0 Å². The van der Waals surface area contributed by atoms with Gasteiger partial charge in [-0.1, -0.05) is 40.0 Å². The van der Waals surface area contributed by atoms with Crippen LogP contribution in [-0.2, 0) is 17.7 Å². The van der Waals surface area contributed by atoms with Crippen molar-refractivity contribution in [3.8, 4) is 0 Å². The summed E-state index contributed by atoms with van der Waals surface area (Å²) >= 11 is 13.0. The number of rotatable bonds is 1. The molecule has 1 amide bonds. The fourth-order valence-electron chi connectivity index (χ4n) is 3.57.